The lowest BCUT2D eigenvalue weighted by Crippen LogP contribution is -2.16. The zero-order chi connectivity index (χ0) is 10.8. The molecule has 3 aliphatic carbocycles. The molecule has 3 rings (SSSR count). The Morgan fingerprint density at radius 3 is 2.53 bits per heavy atom. The standard InChI is InChI=1S/C15H22/c1-10-8-14(3,4)9-12-7-11(2)15(5-6-15)13(10)12/h9,11H,5-8H2,1-4H3/t11-/m1/s1. The topological polar surface area (TPSA) is 0 Å². The van der Waals surface area contributed by atoms with Gasteiger partial charge >= 0.3 is 0 Å². The summed E-state index contributed by atoms with van der Waals surface area (Å²) in [6.45, 7) is 9.59. The maximum Gasteiger partial charge on any atom is -0.00155 e. The molecule has 0 nitrogen and oxygen atoms in total. The number of hydrogen-bond acceptors (Lipinski definition) is 0. The van der Waals surface area contributed by atoms with Crippen molar-refractivity contribution in [3.8, 4) is 0 Å². The van der Waals surface area contributed by atoms with E-state index in [0.29, 0.717) is 10.8 Å². The van der Waals surface area contributed by atoms with Gasteiger partial charge in [0, 0.05) is 0 Å². The molecule has 0 unspecified atom stereocenters. The smallest absolute Gasteiger partial charge is 0.00155 e. The molecule has 15 heavy (non-hydrogen) atoms. The first-order valence-electron chi connectivity index (χ1n) is 6.37. The third kappa shape index (κ3) is 1.20. The van der Waals surface area contributed by atoms with Crippen LogP contribution in [0.1, 0.15) is 53.4 Å². The van der Waals surface area contributed by atoms with Crippen LogP contribution >= 0.6 is 0 Å². The van der Waals surface area contributed by atoms with Crippen LogP contribution in [0.4, 0.5) is 0 Å². The highest BCUT2D eigenvalue weighted by Crippen LogP contribution is 2.68. The predicted molar refractivity (Wildman–Crippen MR) is 64.6 cm³/mol. The van der Waals surface area contributed by atoms with Gasteiger partial charge in [0.25, 0.3) is 0 Å². The van der Waals surface area contributed by atoms with Crippen LogP contribution in [0.2, 0.25) is 0 Å². The molecule has 0 amide bonds. The maximum atomic E-state index is 2.57. The fourth-order valence-corrected chi connectivity index (χ4v) is 4.20. The summed E-state index contributed by atoms with van der Waals surface area (Å²) in [5.74, 6) is 0.905. The molecule has 2 saturated carbocycles. The zero-order valence-electron chi connectivity index (χ0n) is 10.5. The van der Waals surface area contributed by atoms with E-state index in [1.54, 1.807) is 16.7 Å². The lowest BCUT2D eigenvalue weighted by atomic mass is 9.75. The summed E-state index contributed by atoms with van der Waals surface area (Å²) in [6.07, 6.45) is 8.10. The van der Waals surface area contributed by atoms with Crippen molar-refractivity contribution in [3.05, 3.63) is 22.8 Å². The minimum Gasteiger partial charge on any atom is -0.0750 e. The Kier molecular flexibility index (Phi) is 1.67. The predicted octanol–water partition coefficient (Wildman–Crippen LogP) is 4.48. The largest absolute Gasteiger partial charge is 0.0750 e. The molecular formula is C15H22. The van der Waals surface area contributed by atoms with Gasteiger partial charge in [-0.2, -0.15) is 0 Å². The van der Waals surface area contributed by atoms with Gasteiger partial charge in [0.1, 0.15) is 0 Å². The van der Waals surface area contributed by atoms with E-state index >= 15 is 0 Å². The highest BCUT2D eigenvalue weighted by molar-refractivity contribution is 5.52. The molecule has 0 heterocycles. The lowest BCUT2D eigenvalue weighted by molar-refractivity contribution is 0.434. The maximum absolute atomic E-state index is 2.57. The molecule has 0 N–H and O–H groups in total. The van der Waals surface area contributed by atoms with E-state index in [1.807, 2.05) is 0 Å². The monoisotopic (exact) mass is 202 g/mol. The highest BCUT2D eigenvalue weighted by atomic mass is 14.6. The molecule has 1 atom stereocenters. The van der Waals surface area contributed by atoms with Crippen molar-refractivity contribution in [2.45, 2.75) is 53.4 Å². The molecule has 82 valence electrons. The number of rotatable bonds is 0. The van der Waals surface area contributed by atoms with Crippen molar-refractivity contribution < 1.29 is 0 Å². The van der Waals surface area contributed by atoms with Gasteiger partial charge in [-0.25, -0.2) is 0 Å². The average molecular weight is 202 g/mol. The van der Waals surface area contributed by atoms with Crippen LogP contribution in [0.25, 0.3) is 0 Å². The minimum atomic E-state index is 0.406. The molecule has 0 aromatic heterocycles. The summed E-state index contributed by atoms with van der Waals surface area (Å²) < 4.78 is 0. The molecule has 0 radical (unpaired) electrons. The first kappa shape index (κ1) is 9.69. The third-order valence-electron chi connectivity index (χ3n) is 4.79. The molecule has 0 saturated heterocycles. The molecule has 0 aromatic carbocycles. The summed E-state index contributed by atoms with van der Waals surface area (Å²) in [7, 11) is 0. The quantitative estimate of drug-likeness (QED) is 0.543. The van der Waals surface area contributed by atoms with E-state index in [1.165, 1.54) is 25.7 Å². The molecule has 0 aliphatic heterocycles. The van der Waals surface area contributed by atoms with Crippen LogP contribution in [-0.2, 0) is 0 Å². The van der Waals surface area contributed by atoms with Crippen molar-refractivity contribution in [3.63, 3.8) is 0 Å². The second-order valence-corrected chi connectivity index (χ2v) is 6.75. The van der Waals surface area contributed by atoms with E-state index in [2.05, 4.69) is 33.8 Å². The lowest BCUT2D eigenvalue weighted by Gasteiger charge is -2.30. The van der Waals surface area contributed by atoms with Crippen LogP contribution in [-0.4, -0.2) is 0 Å². The van der Waals surface area contributed by atoms with E-state index < -0.39 is 0 Å². The van der Waals surface area contributed by atoms with Gasteiger partial charge in [0.2, 0.25) is 0 Å². The average Bonchev–Trinajstić information content (AvgIpc) is 2.76. The second kappa shape index (κ2) is 2.59. The first-order valence-corrected chi connectivity index (χ1v) is 6.37. The molecular weight excluding hydrogens is 180 g/mol. The molecule has 0 heteroatoms. The second-order valence-electron chi connectivity index (χ2n) is 6.75. The molecule has 1 spiro atoms. The Morgan fingerprint density at radius 1 is 1.27 bits per heavy atom. The highest BCUT2D eigenvalue weighted by Gasteiger charge is 2.56. The Bertz CT molecular complexity index is 375. The number of fused-ring (bicyclic) bond motifs is 2. The van der Waals surface area contributed by atoms with E-state index in [0.717, 1.165) is 5.92 Å². The van der Waals surface area contributed by atoms with Crippen LogP contribution < -0.4 is 0 Å². The van der Waals surface area contributed by atoms with Gasteiger partial charge in [-0.05, 0) is 60.5 Å². The van der Waals surface area contributed by atoms with Gasteiger partial charge in [-0.15, -0.1) is 0 Å². The van der Waals surface area contributed by atoms with Crippen molar-refractivity contribution in [2.24, 2.45) is 16.7 Å². The van der Waals surface area contributed by atoms with Crippen LogP contribution in [0.3, 0.4) is 0 Å². The molecule has 2 fully saturated rings. The number of allylic oxidation sites excluding steroid dienone is 4. The summed E-state index contributed by atoms with van der Waals surface area (Å²) >= 11 is 0. The molecule has 3 aliphatic rings. The van der Waals surface area contributed by atoms with Crippen molar-refractivity contribution in [2.75, 3.05) is 0 Å². The van der Waals surface area contributed by atoms with Crippen LogP contribution in [0.15, 0.2) is 22.8 Å². The van der Waals surface area contributed by atoms with Gasteiger partial charge in [-0.3, -0.25) is 0 Å². The zero-order valence-corrected chi connectivity index (χ0v) is 10.5. The van der Waals surface area contributed by atoms with Gasteiger partial charge in [0.05, 0.1) is 0 Å². The summed E-state index contributed by atoms with van der Waals surface area (Å²) in [5, 5.41) is 0. The summed E-state index contributed by atoms with van der Waals surface area (Å²) in [5.41, 5.74) is 6.23. The normalized spacial score (nSPS) is 35.5. The Morgan fingerprint density at radius 2 is 1.93 bits per heavy atom. The fourth-order valence-electron chi connectivity index (χ4n) is 4.20. The Balaban J connectivity index is 2.11. The third-order valence-corrected chi connectivity index (χ3v) is 4.79. The van der Waals surface area contributed by atoms with Gasteiger partial charge in [0.15, 0.2) is 0 Å². The van der Waals surface area contributed by atoms with Crippen LogP contribution in [0.5, 0.6) is 0 Å². The minimum absolute atomic E-state index is 0.406. The van der Waals surface area contributed by atoms with Gasteiger partial charge < -0.3 is 0 Å². The SMILES string of the molecule is CC1=C2C(=CC(C)(C)C1)C[C@@H](C)C21CC1. The first-order chi connectivity index (χ1) is 6.95. The molecule has 0 aromatic rings. The Hall–Kier alpha value is -0.520. The molecule has 0 bridgehead atoms. The van der Waals surface area contributed by atoms with Crippen molar-refractivity contribution in [1.29, 1.82) is 0 Å². The van der Waals surface area contributed by atoms with Crippen molar-refractivity contribution >= 4 is 0 Å². The Labute approximate surface area is 93.5 Å². The number of hydrogen-bond donors (Lipinski definition) is 0. The fraction of sp³-hybridized carbons (Fsp3) is 0.733. The van der Waals surface area contributed by atoms with E-state index in [9.17, 15) is 0 Å². The van der Waals surface area contributed by atoms with Crippen LogP contribution in [0, 0.1) is 16.7 Å². The van der Waals surface area contributed by atoms with Gasteiger partial charge in [-0.1, -0.05) is 32.4 Å². The van der Waals surface area contributed by atoms with Crippen molar-refractivity contribution in [1.82, 2.24) is 0 Å². The summed E-state index contributed by atoms with van der Waals surface area (Å²) in [6, 6.07) is 0. The van der Waals surface area contributed by atoms with E-state index in [-0.39, 0.29) is 0 Å². The van der Waals surface area contributed by atoms with E-state index in [4.69, 9.17) is 0 Å². The summed E-state index contributed by atoms with van der Waals surface area (Å²) in [4.78, 5) is 0.